The van der Waals surface area contributed by atoms with Crippen molar-refractivity contribution in [2.24, 2.45) is 0 Å². The number of aliphatic carboxylic acids is 1. The lowest BCUT2D eigenvalue weighted by molar-refractivity contribution is -0.418. The molecule has 1 aromatic rings. The summed E-state index contributed by atoms with van der Waals surface area (Å²) in [6.07, 6.45) is -5.19. The molecule has 112 valence electrons. The van der Waals surface area contributed by atoms with Crippen LogP contribution < -0.4 is 21.3 Å². The van der Waals surface area contributed by atoms with E-state index in [0.29, 0.717) is 4.99 Å². The van der Waals surface area contributed by atoms with Crippen molar-refractivity contribution < 1.29 is 28.9 Å². The number of halogens is 3. The number of carboxylic acid groups (broad SMARTS) is 1. The topological polar surface area (TPSA) is 83.0 Å². The van der Waals surface area contributed by atoms with Gasteiger partial charge in [-0.15, -0.1) is 0 Å². The van der Waals surface area contributed by atoms with Crippen molar-refractivity contribution in [1.82, 2.24) is 5.43 Å². The highest BCUT2D eigenvalue weighted by atomic mass is 32.1. The summed E-state index contributed by atoms with van der Waals surface area (Å²) in [5, 5.41) is 8.78. The zero-order chi connectivity index (χ0) is 15.9. The Bertz CT molecular complexity index is 461. The number of carboxylic acids is 1. The number of rotatable bonds is 2. The molecule has 0 amide bonds. The van der Waals surface area contributed by atoms with Crippen LogP contribution >= 0.6 is 12.2 Å². The van der Waals surface area contributed by atoms with E-state index in [1.807, 2.05) is 43.3 Å². The average Bonchev–Trinajstić information content (AvgIpc) is 2.37. The highest BCUT2D eigenvalue weighted by molar-refractivity contribution is 7.80. The highest BCUT2D eigenvalue weighted by Gasteiger charge is 2.28. The summed E-state index contributed by atoms with van der Waals surface area (Å²) in [4.78, 5) is 11.5. The van der Waals surface area contributed by atoms with Crippen LogP contribution in [0.5, 0.6) is 0 Å². The van der Waals surface area contributed by atoms with Gasteiger partial charge >= 0.3 is 6.18 Å². The summed E-state index contributed by atoms with van der Waals surface area (Å²) in [6, 6.07) is 8.02. The minimum atomic E-state index is -5.19. The number of carbonyl (C=O) groups excluding carboxylic acids is 1. The van der Waals surface area contributed by atoms with Crippen LogP contribution in [0.25, 0.3) is 0 Å². The largest absolute Gasteiger partial charge is 0.542 e. The van der Waals surface area contributed by atoms with Crippen molar-refractivity contribution in [1.29, 1.82) is 0 Å². The summed E-state index contributed by atoms with van der Waals surface area (Å²) < 4.78 is 31.5. The van der Waals surface area contributed by atoms with E-state index in [1.54, 1.807) is 0 Å². The molecule has 0 spiro atoms. The Morgan fingerprint density at radius 3 is 1.95 bits per heavy atom. The molecule has 0 heterocycles. The first-order chi connectivity index (χ1) is 9.09. The Balaban J connectivity index is 0.000000441. The fourth-order valence-electron chi connectivity index (χ4n) is 1.01. The molecule has 0 unspecified atom stereocenters. The van der Waals surface area contributed by atoms with E-state index >= 15 is 0 Å². The van der Waals surface area contributed by atoms with Crippen LogP contribution in [0, 0.1) is 0 Å². The van der Waals surface area contributed by atoms with Crippen LogP contribution in [0.1, 0.15) is 5.56 Å². The molecule has 0 aliphatic heterocycles. The second kappa shape index (κ2) is 7.65. The minimum absolute atomic E-state index is 0.672. The Labute approximate surface area is 119 Å². The second-order valence-corrected chi connectivity index (χ2v) is 4.14. The van der Waals surface area contributed by atoms with Gasteiger partial charge in [0.05, 0.1) is 0 Å². The average molecular weight is 309 g/mol. The third-order valence-corrected chi connectivity index (χ3v) is 2.42. The first-order valence-corrected chi connectivity index (χ1v) is 5.63. The van der Waals surface area contributed by atoms with Crippen LogP contribution in [0.15, 0.2) is 24.3 Å². The molecule has 4 N–H and O–H groups in total. The predicted octanol–water partition coefficient (Wildman–Crippen LogP) is -0.527. The van der Waals surface area contributed by atoms with Crippen molar-refractivity contribution in [2.75, 3.05) is 19.0 Å². The van der Waals surface area contributed by atoms with Crippen LogP contribution in [0.2, 0.25) is 0 Å². The molecule has 0 aliphatic carbocycles. The molecule has 0 fully saturated rings. The maximum atomic E-state index is 10.5. The summed E-state index contributed by atoms with van der Waals surface area (Å²) in [6.45, 7) is 0. The number of nitrogens with one attached hydrogen (secondary N) is 1. The van der Waals surface area contributed by atoms with E-state index in [9.17, 15) is 13.2 Å². The molecule has 0 bridgehead atoms. The Kier molecular flexibility index (Phi) is 6.94. The van der Waals surface area contributed by atoms with Gasteiger partial charge in [-0.1, -0.05) is 12.2 Å². The van der Waals surface area contributed by atoms with Gasteiger partial charge in [-0.05, 0) is 24.3 Å². The maximum absolute atomic E-state index is 10.5. The lowest BCUT2D eigenvalue weighted by Crippen LogP contribution is -2.66. The SMILES string of the molecule is CN(C)c1ccc(C(=S)N[NH3+])cc1.O=C([O-])C(F)(F)F. The molecule has 0 radical (unpaired) electrons. The lowest BCUT2D eigenvalue weighted by Gasteiger charge is -2.12. The minimum Gasteiger partial charge on any atom is -0.542 e. The Morgan fingerprint density at radius 1 is 1.30 bits per heavy atom. The fraction of sp³-hybridized carbons (Fsp3) is 0.273. The third-order valence-electron chi connectivity index (χ3n) is 2.04. The highest BCUT2D eigenvalue weighted by Crippen LogP contribution is 2.12. The number of carbonyl (C=O) groups is 1. The molecule has 5 nitrogen and oxygen atoms in total. The molecular weight excluding hydrogens is 295 g/mol. The first kappa shape index (κ1) is 18.1. The summed E-state index contributed by atoms with van der Waals surface area (Å²) in [5.74, 6) is 0.511. The second-order valence-electron chi connectivity index (χ2n) is 3.73. The number of nitrogens with zero attached hydrogens (tertiary/aromatic N) is 1. The summed E-state index contributed by atoms with van der Waals surface area (Å²) in [5.41, 5.74) is 4.86. The van der Waals surface area contributed by atoms with Crippen LogP contribution in [-0.4, -0.2) is 31.2 Å². The standard InChI is InChI=1S/C9H13N3S.C2HF3O2/c1-12(2)8-5-3-7(4-6-8)9(13)11-10;3-2(4,5)1(6)7/h3-6H,10H2,1-2H3,(H,11,13);(H,6,7). The smallest absolute Gasteiger partial charge is 0.430 e. The van der Waals surface area contributed by atoms with Crippen molar-refractivity contribution in [3.63, 3.8) is 0 Å². The zero-order valence-electron chi connectivity index (χ0n) is 10.8. The molecule has 0 aromatic heterocycles. The number of hydrogen-bond acceptors (Lipinski definition) is 4. The van der Waals surface area contributed by atoms with E-state index in [4.69, 9.17) is 22.1 Å². The normalized spacial score (nSPS) is 10.1. The third kappa shape index (κ3) is 6.34. The number of benzene rings is 1. The number of anilines is 1. The number of hydrogen-bond donors (Lipinski definition) is 2. The van der Waals surface area contributed by atoms with Crippen LogP contribution in [0.3, 0.4) is 0 Å². The Morgan fingerprint density at radius 2 is 1.70 bits per heavy atom. The first-order valence-electron chi connectivity index (χ1n) is 5.22. The van der Waals surface area contributed by atoms with Gasteiger partial charge in [-0.2, -0.15) is 13.2 Å². The van der Waals surface area contributed by atoms with E-state index in [1.165, 1.54) is 0 Å². The molecule has 0 aliphatic rings. The molecule has 0 saturated carbocycles. The van der Waals surface area contributed by atoms with Crippen LogP contribution in [0.4, 0.5) is 18.9 Å². The maximum Gasteiger partial charge on any atom is 0.430 e. The number of quaternary nitrogens is 1. The predicted molar refractivity (Wildman–Crippen MR) is 69.6 cm³/mol. The van der Waals surface area contributed by atoms with Crippen molar-refractivity contribution in [3.8, 4) is 0 Å². The van der Waals surface area contributed by atoms with E-state index in [2.05, 4.69) is 11.3 Å². The van der Waals surface area contributed by atoms with Crippen molar-refractivity contribution in [2.45, 2.75) is 6.18 Å². The monoisotopic (exact) mass is 309 g/mol. The molecule has 20 heavy (non-hydrogen) atoms. The van der Waals surface area contributed by atoms with Gasteiger partial charge in [0.1, 0.15) is 5.97 Å². The van der Waals surface area contributed by atoms with Gasteiger partial charge < -0.3 is 14.8 Å². The van der Waals surface area contributed by atoms with Crippen molar-refractivity contribution >= 4 is 28.9 Å². The molecular formula is C11H14F3N3O2S. The van der Waals surface area contributed by atoms with Crippen LogP contribution in [-0.2, 0) is 4.79 Å². The summed E-state index contributed by atoms with van der Waals surface area (Å²) >= 11 is 5.04. The molecule has 0 atom stereocenters. The van der Waals surface area contributed by atoms with E-state index in [-0.39, 0.29) is 0 Å². The molecule has 1 rings (SSSR count). The van der Waals surface area contributed by atoms with E-state index in [0.717, 1.165) is 11.3 Å². The molecule has 0 saturated heterocycles. The van der Waals surface area contributed by atoms with Gasteiger partial charge in [0.25, 0.3) is 0 Å². The van der Waals surface area contributed by atoms with Gasteiger partial charge in [0.2, 0.25) is 0 Å². The van der Waals surface area contributed by atoms with Gasteiger partial charge in [0, 0.05) is 25.3 Å². The lowest BCUT2D eigenvalue weighted by atomic mass is 10.2. The molecule has 1 aromatic carbocycles. The quantitative estimate of drug-likeness (QED) is 0.567. The number of thiocarbonyl (C=S) groups is 1. The van der Waals surface area contributed by atoms with Crippen molar-refractivity contribution in [3.05, 3.63) is 29.8 Å². The Hall–Kier alpha value is -1.87. The number of alkyl halides is 3. The van der Waals surface area contributed by atoms with E-state index < -0.39 is 12.1 Å². The zero-order valence-corrected chi connectivity index (χ0v) is 11.6. The fourth-order valence-corrected chi connectivity index (χ4v) is 1.15. The van der Waals surface area contributed by atoms with Gasteiger partial charge in [-0.25, -0.2) is 5.43 Å². The van der Waals surface area contributed by atoms with Gasteiger partial charge in [0.15, 0.2) is 4.99 Å². The van der Waals surface area contributed by atoms with Gasteiger partial charge in [-0.3, -0.25) is 5.84 Å². The molecule has 9 heteroatoms. The summed E-state index contributed by atoms with van der Waals surface area (Å²) in [7, 11) is 4.01.